The molecule has 0 aliphatic carbocycles. The van der Waals surface area contributed by atoms with Crippen LogP contribution in [0.15, 0.2) is 35.5 Å². The smallest absolute Gasteiger partial charge is 0.339 e. The number of nitrogens with one attached hydrogen (secondary N) is 1. The summed E-state index contributed by atoms with van der Waals surface area (Å²) < 4.78 is 39.3. The zero-order valence-corrected chi connectivity index (χ0v) is 16.4. The number of carbonyl (C=O) groups is 1. The minimum atomic E-state index is -4.34. The Labute approximate surface area is 164 Å². The molecule has 0 spiro atoms. The van der Waals surface area contributed by atoms with Gasteiger partial charge >= 0.3 is 6.18 Å². The molecule has 0 amide bonds. The molecule has 0 aliphatic rings. The molecule has 28 heavy (non-hydrogen) atoms. The van der Waals surface area contributed by atoms with E-state index < -0.39 is 12.7 Å². The highest BCUT2D eigenvalue weighted by atomic mass is 32.2. The fourth-order valence-electron chi connectivity index (χ4n) is 2.87. The zero-order chi connectivity index (χ0) is 20.5. The van der Waals surface area contributed by atoms with Gasteiger partial charge in [-0.2, -0.15) is 13.2 Å². The van der Waals surface area contributed by atoms with E-state index in [2.05, 4.69) is 15.2 Å². The van der Waals surface area contributed by atoms with Crippen molar-refractivity contribution < 1.29 is 18.0 Å². The molecule has 0 unspecified atom stereocenters. The fourth-order valence-corrected chi connectivity index (χ4v) is 3.55. The lowest BCUT2D eigenvalue weighted by Crippen LogP contribution is -2.19. The first kappa shape index (κ1) is 20.2. The van der Waals surface area contributed by atoms with Crippen molar-refractivity contribution in [3.63, 3.8) is 0 Å². The van der Waals surface area contributed by atoms with E-state index in [0.29, 0.717) is 27.9 Å². The second kappa shape index (κ2) is 7.83. The first-order valence-electron chi connectivity index (χ1n) is 8.53. The number of nitrogens with zero attached hydrogens (tertiary/aromatic N) is 3. The number of halogens is 3. The molecule has 0 saturated heterocycles. The third-order valence-corrected chi connectivity index (χ3v) is 5.18. The lowest BCUT2D eigenvalue weighted by Gasteiger charge is -2.12. The van der Waals surface area contributed by atoms with Gasteiger partial charge in [0.1, 0.15) is 6.54 Å². The highest BCUT2D eigenvalue weighted by molar-refractivity contribution is 7.99. The lowest BCUT2D eigenvalue weighted by molar-refractivity contribution is -0.141. The van der Waals surface area contributed by atoms with Gasteiger partial charge in [-0.1, -0.05) is 41.6 Å². The molecule has 3 rings (SSSR count). The maximum absolute atomic E-state index is 12.7. The third-order valence-electron chi connectivity index (χ3n) is 4.33. The van der Waals surface area contributed by atoms with E-state index in [1.54, 1.807) is 6.92 Å². The number of carbonyl (C=O) groups excluding carboxylic acids is 1. The Morgan fingerprint density at radius 2 is 1.86 bits per heavy atom. The molecule has 0 bridgehead atoms. The summed E-state index contributed by atoms with van der Waals surface area (Å²) in [6.45, 7) is 3.97. The summed E-state index contributed by atoms with van der Waals surface area (Å²) in [4.78, 5) is 16.9. The number of aryl methyl sites for hydroxylation is 2. The molecule has 1 N–H and O–H groups in total. The van der Waals surface area contributed by atoms with Crippen LogP contribution in [-0.4, -0.2) is 37.5 Å². The van der Waals surface area contributed by atoms with Crippen molar-refractivity contribution >= 4 is 17.5 Å². The summed E-state index contributed by atoms with van der Waals surface area (Å²) in [5.74, 6) is 0.383. The van der Waals surface area contributed by atoms with Crippen LogP contribution < -0.4 is 0 Å². The summed E-state index contributed by atoms with van der Waals surface area (Å²) in [5, 5.41) is 7.34. The normalized spacial score (nSPS) is 11.8. The van der Waals surface area contributed by atoms with Crippen LogP contribution in [0.2, 0.25) is 0 Å². The number of benzene rings is 1. The fraction of sp³-hybridized carbons (Fsp3) is 0.316. The van der Waals surface area contributed by atoms with Gasteiger partial charge in [-0.05, 0) is 26.8 Å². The number of hydrogen-bond acceptors (Lipinski definition) is 4. The molecule has 0 fully saturated rings. The predicted octanol–water partition coefficient (Wildman–Crippen LogP) is 4.74. The quantitative estimate of drug-likeness (QED) is 0.473. The predicted molar refractivity (Wildman–Crippen MR) is 102 cm³/mol. The molecule has 2 heterocycles. The standard InChI is InChI=1S/C19H19F3N4OS/c1-11-4-6-14(7-5-11)17-23-18(25-24-17)28-9-16(27)15-8-12(2)26(13(15)3)10-19(20,21)22/h4-8H,9-10H2,1-3H3,(H,23,24,25). The minimum absolute atomic E-state index is 0.0432. The van der Waals surface area contributed by atoms with Gasteiger partial charge in [0.15, 0.2) is 11.6 Å². The molecule has 148 valence electrons. The summed E-state index contributed by atoms with van der Waals surface area (Å²) in [5.41, 5.74) is 3.03. The van der Waals surface area contributed by atoms with Gasteiger partial charge in [0.05, 0.1) is 5.75 Å². The van der Waals surface area contributed by atoms with Crippen LogP contribution in [0.5, 0.6) is 0 Å². The van der Waals surface area contributed by atoms with Gasteiger partial charge in [0.25, 0.3) is 0 Å². The van der Waals surface area contributed by atoms with Crippen LogP contribution in [0.3, 0.4) is 0 Å². The molecular formula is C19H19F3N4OS. The topological polar surface area (TPSA) is 63.6 Å². The van der Waals surface area contributed by atoms with Gasteiger partial charge in [-0.25, -0.2) is 4.98 Å². The highest BCUT2D eigenvalue weighted by Crippen LogP contribution is 2.25. The Morgan fingerprint density at radius 1 is 1.18 bits per heavy atom. The van der Waals surface area contributed by atoms with Crippen molar-refractivity contribution in [2.45, 2.75) is 38.6 Å². The number of thioether (sulfide) groups is 1. The molecular weight excluding hydrogens is 389 g/mol. The molecule has 3 aromatic rings. The van der Waals surface area contributed by atoms with Crippen LogP contribution in [0.25, 0.3) is 11.4 Å². The van der Waals surface area contributed by atoms with Crippen LogP contribution in [0.1, 0.15) is 27.3 Å². The molecule has 1 aromatic carbocycles. The first-order valence-corrected chi connectivity index (χ1v) is 9.51. The second-order valence-corrected chi connectivity index (χ2v) is 7.47. The van der Waals surface area contributed by atoms with Crippen molar-refractivity contribution in [2.24, 2.45) is 0 Å². The van der Waals surface area contributed by atoms with Crippen molar-refractivity contribution in [3.8, 4) is 11.4 Å². The molecule has 0 atom stereocenters. The van der Waals surface area contributed by atoms with E-state index in [0.717, 1.165) is 27.5 Å². The highest BCUT2D eigenvalue weighted by Gasteiger charge is 2.30. The average Bonchev–Trinajstić information content (AvgIpc) is 3.19. The summed E-state index contributed by atoms with van der Waals surface area (Å²) in [6, 6.07) is 9.27. The van der Waals surface area contributed by atoms with Gasteiger partial charge in [-0.15, -0.1) is 5.10 Å². The largest absolute Gasteiger partial charge is 0.406 e. The molecule has 2 aromatic heterocycles. The number of H-pyrrole nitrogens is 1. The van der Waals surface area contributed by atoms with Crippen molar-refractivity contribution in [1.29, 1.82) is 0 Å². The summed E-state index contributed by atoms with van der Waals surface area (Å²) in [6.07, 6.45) is -4.34. The Kier molecular flexibility index (Phi) is 5.64. The first-order chi connectivity index (χ1) is 13.1. The van der Waals surface area contributed by atoms with E-state index in [4.69, 9.17) is 0 Å². The maximum atomic E-state index is 12.7. The van der Waals surface area contributed by atoms with E-state index >= 15 is 0 Å². The number of alkyl halides is 3. The van der Waals surface area contributed by atoms with E-state index in [1.165, 1.54) is 13.0 Å². The van der Waals surface area contributed by atoms with E-state index in [9.17, 15) is 18.0 Å². The Morgan fingerprint density at radius 3 is 2.50 bits per heavy atom. The SMILES string of the molecule is Cc1ccc(-c2nc(SCC(=O)c3cc(C)n(CC(F)(F)F)c3C)n[nH]2)cc1. The maximum Gasteiger partial charge on any atom is 0.406 e. The number of ketones is 1. The number of hydrogen-bond donors (Lipinski definition) is 1. The monoisotopic (exact) mass is 408 g/mol. The Balaban J connectivity index is 1.68. The summed E-state index contributed by atoms with van der Waals surface area (Å²) in [7, 11) is 0. The number of Topliss-reactive ketones (excluding diaryl/α,β-unsaturated/α-hetero) is 1. The molecule has 0 saturated carbocycles. The Bertz CT molecular complexity index is 990. The minimum Gasteiger partial charge on any atom is -0.339 e. The number of aromatic nitrogens is 4. The van der Waals surface area contributed by atoms with E-state index in [-0.39, 0.29) is 11.5 Å². The van der Waals surface area contributed by atoms with Crippen LogP contribution >= 0.6 is 11.8 Å². The van der Waals surface area contributed by atoms with Crippen molar-refractivity contribution in [2.75, 3.05) is 5.75 Å². The number of aromatic amines is 1. The third kappa shape index (κ3) is 4.64. The average molecular weight is 408 g/mol. The zero-order valence-electron chi connectivity index (χ0n) is 15.6. The van der Waals surface area contributed by atoms with Crippen molar-refractivity contribution in [3.05, 3.63) is 52.8 Å². The molecule has 0 aliphatic heterocycles. The van der Waals surface area contributed by atoms with Crippen LogP contribution in [0.4, 0.5) is 13.2 Å². The molecule has 9 heteroatoms. The summed E-state index contributed by atoms with van der Waals surface area (Å²) >= 11 is 1.14. The van der Waals surface area contributed by atoms with Gasteiger partial charge in [-0.3, -0.25) is 9.89 Å². The van der Waals surface area contributed by atoms with Crippen molar-refractivity contribution in [1.82, 2.24) is 19.7 Å². The van der Waals surface area contributed by atoms with Gasteiger partial charge < -0.3 is 4.57 Å². The van der Waals surface area contributed by atoms with Crippen LogP contribution in [0, 0.1) is 20.8 Å². The van der Waals surface area contributed by atoms with Gasteiger partial charge in [0.2, 0.25) is 5.16 Å². The van der Waals surface area contributed by atoms with Crippen LogP contribution in [-0.2, 0) is 6.54 Å². The molecule has 0 radical (unpaired) electrons. The second-order valence-electron chi connectivity index (χ2n) is 6.53. The number of rotatable bonds is 6. The Hall–Kier alpha value is -2.55. The molecule has 5 nitrogen and oxygen atoms in total. The van der Waals surface area contributed by atoms with E-state index in [1.807, 2.05) is 31.2 Å². The lowest BCUT2D eigenvalue weighted by atomic mass is 10.1. The van der Waals surface area contributed by atoms with Gasteiger partial charge in [0, 0.05) is 22.5 Å².